The van der Waals surface area contributed by atoms with Crippen LogP contribution >= 0.6 is 0 Å². The molecule has 2 fully saturated rings. The standard InChI is InChI=1S/C18H25NO3/c1-3-21-15-10-8-14(9-11-15)19-12-16(13-19)22-18-7-5-4-6-17(18)20-2/h3-7,14-16H,1,8-13H2,2H3. The minimum atomic E-state index is 0.276. The summed E-state index contributed by atoms with van der Waals surface area (Å²) < 4.78 is 16.9. The normalized spacial score (nSPS) is 26.0. The Hall–Kier alpha value is -1.68. The first-order valence-electron chi connectivity index (χ1n) is 8.10. The highest BCUT2D eigenvalue weighted by Crippen LogP contribution is 2.32. The van der Waals surface area contributed by atoms with Crippen LogP contribution in [0.25, 0.3) is 0 Å². The lowest BCUT2D eigenvalue weighted by atomic mass is 9.90. The third-order valence-electron chi connectivity index (χ3n) is 4.69. The van der Waals surface area contributed by atoms with Crippen LogP contribution in [0.4, 0.5) is 0 Å². The van der Waals surface area contributed by atoms with E-state index in [1.165, 1.54) is 12.8 Å². The molecule has 0 aromatic heterocycles. The molecule has 0 amide bonds. The molecule has 2 aliphatic rings. The third kappa shape index (κ3) is 3.38. The fourth-order valence-corrected chi connectivity index (χ4v) is 3.42. The molecule has 1 aromatic rings. The van der Waals surface area contributed by atoms with Gasteiger partial charge in [-0.05, 0) is 37.8 Å². The molecule has 3 rings (SSSR count). The lowest BCUT2D eigenvalue weighted by Crippen LogP contribution is -2.58. The topological polar surface area (TPSA) is 30.9 Å². The average molecular weight is 303 g/mol. The number of methoxy groups -OCH3 is 1. The fourth-order valence-electron chi connectivity index (χ4n) is 3.42. The molecule has 0 unspecified atom stereocenters. The van der Waals surface area contributed by atoms with Crippen LogP contribution in [0, 0.1) is 0 Å². The second kappa shape index (κ2) is 7.05. The maximum Gasteiger partial charge on any atom is 0.161 e. The minimum Gasteiger partial charge on any atom is -0.499 e. The van der Waals surface area contributed by atoms with E-state index in [9.17, 15) is 0 Å². The lowest BCUT2D eigenvalue weighted by molar-refractivity contribution is -0.0324. The highest BCUT2D eigenvalue weighted by Gasteiger charge is 2.36. The van der Waals surface area contributed by atoms with Crippen LogP contribution in [0.5, 0.6) is 11.5 Å². The summed E-state index contributed by atoms with van der Waals surface area (Å²) >= 11 is 0. The van der Waals surface area contributed by atoms with E-state index in [0.717, 1.165) is 37.4 Å². The van der Waals surface area contributed by atoms with Gasteiger partial charge in [0.15, 0.2) is 11.5 Å². The SMILES string of the molecule is C=COC1CCC(N2CC(Oc3ccccc3OC)C2)CC1. The van der Waals surface area contributed by atoms with E-state index >= 15 is 0 Å². The Morgan fingerprint density at radius 2 is 1.73 bits per heavy atom. The summed E-state index contributed by atoms with van der Waals surface area (Å²) in [6.45, 7) is 5.66. The second-order valence-electron chi connectivity index (χ2n) is 6.08. The third-order valence-corrected chi connectivity index (χ3v) is 4.69. The van der Waals surface area contributed by atoms with Crippen LogP contribution in [0.1, 0.15) is 25.7 Å². The quantitative estimate of drug-likeness (QED) is 0.755. The first-order valence-corrected chi connectivity index (χ1v) is 8.10. The van der Waals surface area contributed by atoms with Crippen molar-refractivity contribution in [2.24, 2.45) is 0 Å². The molecule has 1 aliphatic heterocycles. The molecular formula is C18H25NO3. The average Bonchev–Trinajstić information content (AvgIpc) is 2.52. The number of nitrogens with zero attached hydrogens (tertiary/aromatic N) is 1. The predicted octanol–water partition coefficient (Wildman–Crippen LogP) is 3.23. The van der Waals surface area contributed by atoms with Gasteiger partial charge < -0.3 is 14.2 Å². The smallest absolute Gasteiger partial charge is 0.161 e. The van der Waals surface area contributed by atoms with Gasteiger partial charge in [-0.1, -0.05) is 18.7 Å². The summed E-state index contributed by atoms with van der Waals surface area (Å²) in [6, 6.07) is 8.53. The van der Waals surface area contributed by atoms with Gasteiger partial charge in [-0.3, -0.25) is 4.90 Å². The number of benzene rings is 1. The summed E-state index contributed by atoms with van der Waals surface area (Å²) in [5.74, 6) is 1.65. The van der Waals surface area contributed by atoms with Crippen LogP contribution < -0.4 is 9.47 Å². The van der Waals surface area contributed by atoms with Crippen LogP contribution in [0.2, 0.25) is 0 Å². The molecule has 4 nitrogen and oxygen atoms in total. The van der Waals surface area contributed by atoms with Crippen molar-refractivity contribution in [3.63, 3.8) is 0 Å². The molecule has 0 spiro atoms. The van der Waals surface area contributed by atoms with Crippen molar-refractivity contribution in [2.75, 3.05) is 20.2 Å². The largest absolute Gasteiger partial charge is 0.499 e. The Labute approximate surface area is 132 Å². The molecule has 4 heteroatoms. The van der Waals surface area contributed by atoms with Gasteiger partial charge in [-0.2, -0.15) is 0 Å². The van der Waals surface area contributed by atoms with E-state index in [2.05, 4.69) is 11.5 Å². The fraction of sp³-hybridized carbons (Fsp3) is 0.556. The summed E-state index contributed by atoms with van der Waals surface area (Å²) in [5.41, 5.74) is 0. The van der Waals surface area contributed by atoms with Crippen LogP contribution in [0.15, 0.2) is 37.1 Å². The summed E-state index contributed by atoms with van der Waals surface area (Å²) in [5, 5.41) is 0. The van der Waals surface area contributed by atoms with E-state index in [1.54, 1.807) is 13.4 Å². The number of rotatable bonds is 6. The second-order valence-corrected chi connectivity index (χ2v) is 6.08. The van der Waals surface area contributed by atoms with Crippen LogP contribution in [-0.4, -0.2) is 43.3 Å². The zero-order valence-corrected chi connectivity index (χ0v) is 13.2. The molecule has 1 saturated heterocycles. The van der Waals surface area contributed by atoms with Crippen molar-refractivity contribution < 1.29 is 14.2 Å². The Morgan fingerprint density at radius 1 is 1.05 bits per heavy atom. The van der Waals surface area contributed by atoms with Crippen molar-refractivity contribution in [1.82, 2.24) is 4.90 Å². The molecular weight excluding hydrogens is 278 g/mol. The minimum absolute atomic E-state index is 0.276. The Kier molecular flexibility index (Phi) is 4.88. The monoisotopic (exact) mass is 303 g/mol. The number of ether oxygens (including phenoxy) is 3. The van der Waals surface area contributed by atoms with Crippen molar-refractivity contribution in [2.45, 2.75) is 43.9 Å². The van der Waals surface area contributed by atoms with Crippen molar-refractivity contribution >= 4 is 0 Å². The number of para-hydroxylation sites is 2. The molecule has 120 valence electrons. The molecule has 1 aromatic carbocycles. The van der Waals surface area contributed by atoms with E-state index < -0.39 is 0 Å². The van der Waals surface area contributed by atoms with Gasteiger partial charge >= 0.3 is 0 Å². The molecule has 0 N–H and O–H groups in total. The van der Waals surface area contributed by atoms with Crippen molar-refractivity contribution in [3.05, 3.63) is 37.1 Å². The molecule has 1 saturated carbocycles. The van der Waals surface area contributed by atoms with Gasteiger partial charge in [-0.15, -0.1) is 0 Å². The van der Waals surface area contributed by atoms with Crippen LogP contribution in [0.3, 0.4) is 0 Å². The molecule has 1 heterocycles. The summed E-state index contributed by atoms with van der Waals surface area (Å²) in [6.07, 6.45) is 6.90. The highest BCUT2D eigenvalue weighted by atomic mass is 16.5. The Bertz CT molecular complexity index is 491. The van der Waals surface area contributed by atoms with E-state index in [1.807, 2.05) is 24.3 Å². The van der Waals surface area contributed by atoms with Gasteiger partial charge in [0.1, 0.15) is 6.10 Å². The highest BCUT2D eigenvalue weighted by molar-refractivity contribution is 5.39. The maximum absolute atomic E-state index is 6.05. The van der Waals surface area contributed by atoms with E-state index in [4.69, 9.17) is 14.2 Å². The van der Waals surface area contributed by atoms with Crippen molar-refractivity contribution in [1.29, 1.82) is 0 Å². The summed E-state index contributed by atoms with van der Waals surface area (Å²) in [4.78, 5) is 2.53. The molecule has 0 bridgehead atoms. The number of likely N-dealkylation sites (tertiary alicyclic amines) is 1. The van der Waals surface area contributed by atoms with Crippen LogP contribution in [-0.2, 0) is 4.74 Å². The van der Waals surface area contributed by atoms with Crippen molar-refractivity contribution in [3.8, 4) is 11.5 Å². The molecule has 22 heavy (non-hydrogen) atoms. The van der Waals surface area contributed by atoms with Gasteiger partial charge in [0.25, 0.3) is 0 Å². The van der Waals surface area contributed by atoms with Gasteiger partial charge in [0.2, 0.25) is 0 Å². The summed E-state index contributed by atoms with van der Waals surface area (Å²) in [7, 11) is 1.68. The molecule has 1 aliphatic carbocycles. The van der Waals surface area contributed by atoms with E-state index in [-0.39, 0.29) is 6.10 Å². The number of hydrogen-bond acceptors (Lipinski definition) is 4. The van der Waals surface area contributed by atoms with E-state index in [0.29, 0.717) is 12.1 Å². The molecule has 0 atom stereocenters. The number of hydrogen-bond donors (Lipinski definition) is 0. The lowest BCUT2D eigenvalue weighted by Gasteiger charge is -2.46. The van der Waals surface area contributed by atoms with Gasteiger partial charge in [0.05, 0.1) is 19.5 Å². The Morgan fingerprint density at radius 3 is 2.36 bits per heavy atom. The van der Waals surface area contributed by atoms with Gasteiger partial charge in [0, 0.05) is 19.1 Å². The zero-order chi connectivity index (χ0) is 15.4. The predicted molar refractivity (Wildman–Crippen MR) is 86.3 cm³/mol. The van der Waals surface area contributed by atoms with Gasteiger partial charge in [-0.25, -0.2) is 0 Å². The molecule has 0 radical (unpaired) electrons. The Balaban J connectivity index is 1.44. The first-order chi connectivity index (χ1) is 10.8. The first kappa shape index (κ1) is 15.2. The maximum atomic E-state index is 6.05. The zero-order valence-electron chi connectivity index (χ0n) is 13.2.